The zero-order valence-electron chi connectivity index (χ0n) is 26.8. The molecule has 0 bridgehead atoms. The molecule has 0 saturated carbocycles. The third-order valence-electron chi connectivity index (χ3n) is 6.96. The van der Waals surface area contributed by atoms with Crippen LogP contribution in [0.4, 0.5) is 0 Å². The van der Waals surface area contributed by atoms with Crippen LogP contribution < -0.4 is 0 Å². The van der Waals surface area contributed by atoms with E-state index in [4.69, 9.17) is 20.4 Å². The molecule has 240 valence electrons. The van der Waals surface area contributed by atoms with Crippen LogP contribution in [-0.2, 0) is 19.2 Å². The van der Waals surface area contributed by atoms with Gasteiger partial charge in [0.1, 0.15) is 0 Å². The van der Waals surface area contributed by atoms with Crippen molar-refractivity contribution in [2.24, 2.45) is 11.8 Å². The Kier molecular flexibility index (Phi) is 31.7. The lowest BCUT2D eigenvalue weighted by Crippen LogP contribution is -2.09. The van der Waals surface area contributed by atoms with E-state index < -0.39 is 23.9 Å². The van der Waals surface area contributed by atoms with E-state index in [1.54, 1.807) is 0 Å². The van der Waals surface area contributed by atoms with Crippen molar-refractivity contribution >= 4 is 23.9 Å². The van der Waals surface area contributed by atoms with Gasteiger partial charge in [0.15, 0.2) is 0 Å². The maximum absolute atomic E-state index is 10.8. The van der Waals surface area contributed by atoms with Gasteiger partial charge in [-0.05, 0) is 24.7 Å². The average molecular weight is 585 g/mol. The minimum Gasteiger partial charge on any atom is -0.478 e. The Hall–Kier alpha value is -2.64. The Balaban J connectivity index is -0.000000551. The van der Waals surface area contributed by atoms with Crippen molar-refractivity contribution in [1.29, 1.82) is 0 Å². The van der Waals surface area contributed by atoms with Gasteiger partial charge in [0.05, 0.1) is 0 Å². The fourth-order valence-corrected chi connectivity index (χ4v) is 4.25. The molecular weight excluding hydrogens is 524 g/mol. The molecule has 0 aromatic heterocycles. The highest BCUT2D eigenvalue weighted by atomic mass is 16.4. The predicted molar refractivity (Wildman–Crippen MR) is 166 cm³/mol. The molecule has 0 aromatic rings. The first-order valence-electron chi connectivity index (χ1n) is 15.8. The van der Waals surface area contributed by atoms with Gasteiger partial charge in [-0.3, -0.25) is 0 Å². The van der Waals surface area contributed by atoms with Gasteiger partial charge in [-0.15, -0.1) is 0 Å². The molecular formula is C33H60O8. The Bertz CT molecular complexity index is 692. The van der Waals surface area contributed by atoms with Crippen molar-refractivity contribution in [2.75, 3.05) is 0 Å². The second-order valence-electron chi connectivity index (χ2n) is 10.6. The summed E-state index contributed by atoms with van der Waals surface area (Å²) >= 11 is 0. The third kappa shape index (κ3) is 30.2. The van der Waals surface area contributed by atoms with Crippen LogP contribution in [0, 0.1) is 11.8 Å². The van der Waals surface area contributed by atoms with E-state index in [2.05, 4.69) is 27.7 Å². The zero-order chi connectivity index (χ0) is 32.1. The second kappa shape index (κ2) is 30.3. The second-order valence-corrected chi connectivity index (χ2v) is 10.6. The zero-order valence-corrected chi connectivity index (χ0v) is 26.8. The Morgan fingerprint density at radius 3 is 1.00 bits per heavy atom. The lowest BCUT2D eigenvalue weighted by molar-refractivity contribution is -0.135. The van der Waals surface area contributed by atoms with E-state index >= 15 is 0 Å². The van der Waals surface area contributed by atoms with Crippen LogP contribution in [0.1, 0.15) is 151 Å². The van der Waals surface area contributed by atoms with E-state index in [1.807, 2.05) is 13.8 Å². The number of hydrogen-bond donors (Lipinski definition) is 4. The van der Waals surface area contributed by atoms with Gasteiger partial charge < -0.3 is 20.4 Å². The molecule has 0 spiro atoms. The van der Waals surface area contributed by atoms with Crippen molar-refractivity contribution in [2.45, 2.75) is 151 Å². The summed E-state index contributed by atoms with van der Waals surface area (Å²) < 4.78 is 0. The number of unbranched alkanes of at least 4 members (excludes halogenated alkanes) is 8. The smallest absolute Gasteiger partial charge is 0.331 e. The monoisotopic (exact) mass is 584 g/mol. The SMILES string of the molecule is CCCCC(CC)C/C(=C/C(=O)O)C(=O)O.CCCCC(CC)C/C(=C/C(=O)O)C(=O)O.CCCCCCCCC. The first kappa shape index (κ1) is 42.8. The molecule has 0 saturated heterocycles. The molecule has 0 radical (unpaired) electrons. The summed E-state index contributed by atoms with van der Waals surface area (Å²) in [5, 5.41) is 34.8. The summed E-state index contributed by atoms with van der Waals surface area (Å²) in [6.07, 6.45) is 20.2. The first-order chi connectivity index (χ1) is 19.4. The van der Waals surface area contributed by atoms with E-state index in [-0.39, 0.29) is 23.0 Å². The number of aliphatic carboxylic acids is 4. The van der Waals surface area contributed by atoms with E-state index in [0.29, 0.717) is 12.8 Å². The molecule has 0 amide bonds. The van der Waals surface area contributed by atoms with E-state index in [0.717, 1.165) is 63.5 Å². The van der Waals surface area contributed by atoms with E-state index in [9.17, 15) is 19.2 Å². The van der Waals surface area contributed by atoms with Crippen LogP contribution in [0.5, 0.6) is 0 Å². The van der Waals surface area contributed by atoms with Gasteiger partial charge >= 0.3 is 23.9 Å². The van der Waals surface area contributed by atoms with Crippen LogP contribution in [0.3, 0.4) is 0 Å². The predicted octanol–water partition coefficient (Wildman–Crippen LogP) is 9.13. The minimum absolute atomic E-state index is 0.00421. The highest BCUT2D eigenvalue weighted by Crippen LogP contribution is 2.22. The van der Waals surface area contributed by atoms with Crippen LogP contribution in [0.2, 0.25) is 0 Å². The molecule has 8 nitrogen and oxygen atoms in total. The molecule has 0 fully saturated rings. The molecule has 0 aliphatic rings. The summed E-state index contributed by atoms with van der Waals surface area (Å²) in [4.78, 5) is 42.6. The van der Waals surface area contributed by atoms with Gasteiger partial charge in [0.25, 0.3) is 0 Å². The lowest BCUT2D eigenvalue weighted by Gasteiger charge is -2.14. The molecule has 4 N–H and O–H groups in total. The fourth-order valence-electron chi connectivity index (χ4n) is 4.25. The maximum Gasteiger partial charge on any atom is 0.331 e. The lowest BCUT2D eigenvalue weighted by atomic mass is 9.91. The van der Waals surface area contributed by atoms with E-state index in [1.165, 1.54) is 44.9 Å². The highest BCUT2D eigenvalue weighted by molar-refractivity contribution is 5.95. The van der Waals surface area contributed by atoms with Crippen LogP contribution in [-0.4, -0.2) is 44.3 Å². The van der Waals surface area contributed by atoms with Crippen molar-refractivity contribution in [3.63, 3.8) is 0 Å². The molecule has 8 heteroatoms. The molecule has 0 aliphatic carbocycles. The first-order valence-corrected chi connectivity index (χ1v) is 15.8. The van der Waals surface area contributed by atoms with Gasteiger partial charge in [0, 0.05) is 23.3 Å². The van der Waals surface area contributed by atoms with Crippen molar-refractivity contribution in [3.8, 4) is 0 Å². The van der Waals surface area contributed by atoms with Gasteiger partial charge in [-0.2, -0.15) is 0 Å². The Labute approximate surface area is 249 Å². The van der Waals surface area contributed by atoms with Gasteiger partial charge in [-0.25, -0.2) is 19.2 Å². The fraction of sp³-hybridized carbons (Fsp3) is 0.758. The summed E-state index contributed by atoms with van der Waals surface area (Å²) in [6, 6.07) is 0. The summed E-state index contributed by atoms with van der Waals surface area (Å²) in [6.45, 7) is 12.7. The maximum atomic E-state index is 10.8. The molecule has 2 atom stereocenters. The standard InChI is InChI=1S/2C12H20O4.C9H20/c2*1-3-5-6-9(4-2)7-10(12(15)16)8-11(13)14;1-3-5-7-9-8-6-4-2/h2*8-9H,3-7H2,1-2H3,(H,13,14)(H,15,16);3-9H2,1-2H3/b2*10-8-;. The number of carboxylic acid groups (broad SMARTS) is 4. The number of hydrogen-bond acceptors (Lipinski definition) is 4. The topological polar surface area (TPSA) is 149 Å². The number of rotatable bonds is 22. The molecule has 0 aliphatic heterocycles. The van der Waals surface area contributed by atoms with Crippen LogP contribution in [0.25, 0.3) is 0 Å². The largest absolute Gasteiger partial charge is 0.478 e. The summed E-state index contributed by atoms with van der Waals surface area (Å²) in [7, 11) is 0. The molecule has 0 heterocycles. The molecule has 41 heavy (non-hydrogen) atoms. The summed E-state index contributed by atoms with van der Waals surface area (Å²) in [5.41, 5.74) is -0.00842. The molecule has 0 aromatic carbocycles. The molecule has 0 rings (SSSR count). The van der Waals surface area contributed by atoms with Crippen LogP contribution >= 0.6 is 0 Å². The average Bonchev–Trinajstić information content (AvgIpc) is 2.92. The van der Waals surface area contributed by atoms with Crippen LogP contribution in [0.15, 0.2) is 23.3 Å². The third-order valence-corrected chi connectivity index (χ3v) is 6.96. The molecule has 2 unspecified atom stereocenters. The normalized spacial score (nSPS) is 12.7. The minimum atomic E-state index is -1.19. The Morgan fingerprint density at radius 2 is 0.780 bits per heavy atom. The highest BCUT2D eigenvalue weighted by Gasteiger charge is 2.16. The number of carboxylic acids is 4. The van der Waals surface area contributed by atoms with Crippen molar-refractivity contribution in [3.05, 3.63) is 23.3 Å². The van der Waals surface area contributed by atoms with Crippen molar-refractivity contribution < 1.29 is 39.6 Å². The van der Waals surface area contributed by atoms with Gasteiger partial charge in [0.2, 0.25) is 0 Å². The number of carbonyl (C=O) groups is 4. The Morgan fingerprint density at radius 1 is 0.488 bits per heavy atom. The quantitative estimate of drug-likeness (QED) is 0.0726. The van der Waals surface area contributed by atoms with Crippen molar-refractivity contribution in [1.82, 2.24) is 0 Å². The summed E-state index contributed by atoms with van der Waals surface area (Å²) in [5.74, 6) is -4.11. The van der Waals surface area contributed by atoms with Gasteiger partial charge in [-0.1, -0.05) is 138 Å².